The van der Waals surface area contributed by atoms with Gasteiger partial charge in [-0.2, -0.15) is 0 Å². The largest absolute Gasteiger partial charge is 0.494 e. The fraction of sp³-hybridized carbons (Fsp3) is 0.500. The van der Waals surface area contributed by atoms with E-state index in [1.807, 2.05) is 24.3 Å². The molecule has 4 heteroatoms. The van der Waals surface area contributed by atoms with Gasteiger partial charge < -0.3 is 15.8 Å². The minimum atomic E-state index is 0.0479. The lowest BCUT2D eigenvalue weighted by Gasteiger charge is -2.06. The first-order chi connectivity index (χ1) is 8.76. The summed E-state index contributed by atoms with van der Waals surface area (Å²) < 4.78 is 5.50. The molecule has 0 saturated heterocycles. The molecule has 1 aromatic carbocycles. The van der Waals surface area contributed by atoms with Crippen LogP contribution in [0.15, 0.2) is 24.3 Å². The van der Waals surface area contributed by atoms with Crippen molar-refractivity contribution < 1.29 is 9.53 Å². The van der Waals surface area contributed by atoms with E-state index in [0.717, 1.165) is 30.8 Å². The van der Waals surface area contributed by atoms with Crippen LogP contribution in [0.25, 0.3) is 0 Å². The zero-order valence-corrected chi connectivity index (χ0v) is 10.9. The second-order valence-electron chi connectivity index (χ2n) is 4.13. The summed E-state index contributed by atoms with van der Waals surface area (Å²) in [7, 11) is 0. The molecule has 1 rings (SSSR count). The Morgan fingerprint density at radius 1 is 1.33 bits per heavy atom. The highest BCUT2D eigenvalue weighted by atomic mass is 16.5. The molecule has 1 aromatic rings. The Bertz CT molecular complexity index is 349. The Balaban J connectivity index is 2.32. The zero-order valence-electron chi connectivity index (χ0n) is 10.9. The Morgan fingerprint density at radius 2 is 2.06 bits per heavy atom. The topological polar surface area (TPSA) is 64.3 Å². The normalized spacial score (nSPS) is 10.1. The fourth-order valence-corrected chi connectivity index (χ4v) is 1.53. The molecule has 0 aliphatic rings. The van der Waals surface area contributed by atoms with E-state index in [1.165, 1.54) is 0 Å². The lowest BCUT2D eigenvalue weighted by molar-refractivity contribution is -0.120. The van der Waals surface area contributed by atoms with Crippen LogP contribution in [0.1, 0.15) is 25.3 Å². The van der Waals surface area contributed by atoms with Gasteiger partial charge in [-0.3, -0.25) is 4.79 Å². The molecule has 0 aromatic heterocycles. The molecule has 0 radical (unpaired) electrons. The number of amides is 1. The minimum absolute atomic E-state index is 0.0479. The molecule has 0 atom stereocenters. The third-order valence-corrected chi connectivity index (χ3v) is 2.50. The zero-order chi connectivity index (χ0) is 13.2. The maximum absolute atomic E-state index is 11.4. The number of hydrogen-bond acceptors (Lipinski definition) is 3. The molecule has 1 amide bonds. The molecule has 3 N–H and O–H groups in total. The molecule has 0 aliphatic heterocycles. The molecule has 100 valence electrons. The SMILES string of the molecule is CCCOc1ccc(CCC(=O)NCCN)cc1. The van der Waals surface area contributed by atoms with Crippen molar-refractivity contribution in [1.29, 1.82) is 0 Å². The quantitative estimate of drug-likeness (QED) is 0.734. The molecule has 0 spiro atoms. The first-order valence-corrected chi connectivity index (χ1v) is 6.44. The lowest BCUT2D eigenvalue weighted by Crippen LogP contribution is -2.29. The number of benzene rings is 1. The summed E-state index contributed by atoms with van der Waals surface area (Å²) >= 11 is 0. The third-order valence-electron chi connectivity index (χ3n) is 2.50. The van der Waals surface area contributed by atoms with Gasteiger partial charge in [0.25, 0.3) is 0 Å². The Labute approximate surface area is 109 Å². The van der Waals surface area contributed by atoms with E-state index in [0.29, 0.717) is 19.5 Å². The lowest BCUT2D eigenvalue weighted by atomic mass is 10.1. The van der Waals surface area contributed by atoms with Gasteiger partial charge in [0, 0.05) is 19.5 Å². The highest BCUT2D eigenvalue weighted by Gasteiger charge is 2.01. The van der Waals surface area contributed by atoms with Gasteiger partial charge in [0.15, 0.2) is 0 Å². The number of nitrogens with two attached hydrogens (primary N) is 1. The third kappa shape index (κ3) is 5.68. The van der Waals surface area contributed by atoms with E-state index in [4.69, 9.17) is 10.5 Å². The number of rotatable bonds is 8. The van der Waals surface area contributed by atoms with Crippen LogP contribution in [0.3, 0.4) is 0 Å². The Morgan fingerprint density at radius 3 is 2.67 bits per heavy atom. The van der Waals surface area contributed by atoms with Crippen LogP contribution in [0, 0.1) is 0 Å². The standard InChI is InChI=1S/C14H22N2O2/c1-2-11-18-13-6-3-12(4-7-13)5-8-14(17)16-10-9-15/h3-4,6-7H,2,5,8-11,15H2,1H3,(H,16,17). The van der Waals surface area contributed by atoms with E-state index in [1.54, 1.807) is 0 Å². The predicted octanol–water partition coefficient (Wildman–Crippen LogP) is 1.48. The number of carbonyl (C=O) groups is 1. The van der Waals surface area contributed by atoms with E-state index < -0.39 is 0 Å². The van der Waals surface area contributed by atoms with E-state index in [-0.39, 0.29) is 5.91 Å². The number of carbonyl (C=O) groups excluding carboxylic acids is 1. The van der Waals surface area contributed by atoms with Crippen LogP contribution < -0.4 is 15.8 Å². The summed E-state index contributed by atoms with van der Waals surface area (Å²) in [6.45, 7) is 3.84. The van der Waals surface area contributed by atoms with Crippen molar-refractivity contribution in [3.63, 3.8) is 0 Å². The highest BCUT2D eigenvalue weighted by Crippen LogP contribution is 2.13. The molecule has 0 saturated carbocycles. The van der Waals surface area contributed by atoms with Crippen molar-refractivity contribution in [2.24, 2.45) is 5.73 Å². The van der Waals surface area contributed by atoms with Crippen LogP contribution >= 0.6 is 0 Å². The van der Waals surface area contributed by atoms with Crippen LogP contribution in [0.4, 0.5) is 0 Å². The summed E-state index contributed by atoms with van der Waals surface area (Å²) in [6, 6.07) is 7.90. The van der Waals surface area contributed by atoms with Gasteiger partial charge in [0.2, 0.25) is 5.91 Å². The molecule has 0 aliphatic carbocycles. The molecule has 0 unspecified atom stereocenters. The van der Waals surface area contributed by atoms with Gasteiger partial charge in [-0.05, 0) is 30.5 Å². The number of ether oxygens (including phenoxy) is 1. The van der Waals surface area contributed by atoms with Crippen LogP contribution in [0.2, 0.25) is 0 Å². The minimum Gasteiger partial charge on any atom is -0.494 e. The number of nitrogens with one attached hydrogen (secondary N) is 1. The van der Waals surface area contributed by atoms with Crippen molar-refractivity contribution in [2.75, 3.05) is 19.7 Å². The Kier molecular flexibility index (Phi) is 6.87. The number of hydrogen-bond donors (Lipinski definition) is 2. The molecular weight excluding hydrogens is 228 g/mol. The van der Waals surface area contributed by atoms with Gasteiger partial charge in [0.05, 0.1) is 6.61 Å². The molecule has 4 nitrogen and oxygen atoms in total. The molecule has 0 heterocycles. The first kappa shape index (κ1) is 14.5. The summed E-state index contributed by atoms with van der Waals surface area (Å²) in [6.07, 6.45) is 2.24. The second kappa shape index (κ2) is 8.53. The summed E-state index contributed by atoms with van der Waals surface area (Å²) in [5.41, 5.74) is 6.45. The summed E-state index contributed by atoms with van der Waals surface area (Å²) in [5.74, 6) is 0.931. The first-order valence-electron chi connectivity index (χ1n) is 6.44. The van der Waals surface area contributed by atoms with Crippen molar-refractivity contribution in [2.45, 2.75) is 26.2 Å². The van der Waals surface area contributed by atoms with E-state index in [9.17, 15) is 4.79 Å². The molecule has 0 fully saturated rings. The molecule has 0 bridgehead atoms. The summed E-state index contributed by atoms with van der Waals surface area (Å²) in [5, 5.41) is 2.75. The number of aryl methyl sites for hydroxylation is 1. The van der Waals surface area contributed by atoms with Crippen molar-refractivity contribution in [3.8, 4) is 5.75 Å². The highest BCUT2D eigenvalue weighted by molar-refractivity contribution is 5.76. The van der Waals surface area contributed by atoms with Crippen LogP contribution in [-0.2, 0) is 11.2 Å². The maximum atomic E-state index is 11.4. The van der Waals surface area contributed by atoms with Crippen molar-refractivity contribution in [1.82, 2.24) is 5.32 Å². The smallest absolute Gasteiger partial charge is 0.220 e. The van der Waals surface area contributed by atoms with Gasteiger partial charge in [-0.1, -0.05) is 19.1 Å². The van der Waals surface area contributed by atoms with Gasteiger partial charge in [0.1, 0.15) is 5.75 Å². The molecule has 18 heavy (non-hydrogen) atoms. The monoisotopic (exact) mass is 250 g/mol. The average molecular weight is 250 g/mol. The van der Waals surface area contributed by atoms with Crippen LogP contribution in [0.5, 0.6) is 5.75 Å². The fourth-order valence-electron chi connectivity index (χ4n) is 1.53. The summed E-state index contributed by atoms with van der Waals surface area (Å²) in [4.78, 5) is 11.4. The van der Waals surface area contributed by atoms with E-state index >= 15 is 0 Å². The van der Waals surface area contributed by atoms with Crippen LogP contribution in [-0.4, -0.2) is 25.6 Å². The second-order valence-corrected chi connectivity index (χ2v) is 4.13. The predicted molar refractivity (Wildman–Crippen MR) is 72.6 cm³/mol. The van der Waals surface area contributed by atoms with Gasteiger partial charge in [-0.15, -0.1) is 0 Å². The van der Waals surface area contributed by atoms with E-state index in [2.05, 4.69) is 12.2 Å². The average Bonchev–Trinajstić information content (AvgIpc) is 2.41. The van der Waals surface area contributed by atoms with Gasteiger partial charge in [-0.25, -0.2) is 0 Å². The van der Waals surface area contributed by atoms with Gasteiger partial charge >= 0.3 is 0 Å². The van der Waals surface area contributed by atoms with Crippen molar-refractivity contribution >= 4 is 5.91 Å². The Hall–Kier alpha value is -1.55. The maximum Gasteiger partial charge on any atom is 0.220 e. The molecular formula is C14H22N2O2. The van der Waals surface area contributed by atoms with Crippen molar-refractivity contribution in [3.05, 3.63) is 29.8 Å².